The molecule has 0 atom stereocenters. The lowest BCUT2D eigenvalue weighted by molar-refractivity contribution is -0.144. The summed E-state index contributed by atoms with van der Waals surface area (Å²) in [5.41, 5.74) is 1.18. The maximum absolute atomic E-state index is 12.5. The molecule has 2 aromatic carbocycles. The Balaban J connectivity index is 1.21. The standard InChI is InChI=1S/C24H28N2O4/c1-18-5-7-21(8-6-18)30-22-11-9-20(10-12-22)29-17-23(27)25-13-15-26(16-14-25)24(28)19-3-2-4-19/h5-12,19H,2-4,13-17H2,1H3. The molecular formula is C24H28N2O4. The second-order valence-electron chi connectivity index (χ2n) is 8.01. The summed E-state index contributed by atoms with van der Waals surface area (Å²) in [6, 6.07) is 15.1. The summed E-state index contributed by atoms with van der Waals surface area (Å²) >= 11 is 0. The number of rotatable bonds is 6. The molecule has 1 aliphatic heterocycles. The van der Waals surface area contributed by atoms with E-state index >= 15 is 0 Å². The zero-order valence-corrected chi connectivity index (χ0v) is 17.4. The third-order valence-corrected chi connectivity index (χ3v) is 5.84. The van der Waals surface area contributed by atoms with Crippen molar-refractivity contribution in [1.82, 2.24) is 9.80 Å². The molecule has 6 heteroatoms. The first kappa shape index (κ1) is 20.3. The van der Waals surface area contributed by atoms with Gasteiger partial charge in [0.2, 0.25) is 5.91 Å². The van der Waals surface area contributed by atoms with Crippen molar-refractivity contribution in [2.75, 3.05) is 32.8 Å². The summed E-state index contributed by atoms with van der Waals surface area (Å²) in [7, 11) is 0. The van der Waals surface area contributed by atoms with Crippen LogP contribution in [0.4, 0.5) is 0 Å². The number of piperazine rings is 1. The SMILES string of the molecule is Cc1ccc(Oc2ccc(OCC(=O)N3CCN(C(=O)C4CCC4)CC3)cc2)cc1. The molecule has 4 rings (SSSR count). The molecule has 2 aliphatic rings. The van der Waals surface area contributed by atoms with E-state index in [1.54, 1.807) is 17.0 Å². The minimum absolute atomic E-state index is 0.00522. The molecule has 2 aromatic rings. The first-order valence-electron chi connectivity index (χ1n) is 10.6. The topological polar surface area (TPSA) is 59.1 Å². The minimum atomic E-state index is -0.0503. The Morgan fingerprint density at radius 3 is 1.93 bits per heavy atom. The largest absolute Gasteiger partial charge is 0.484 e. The van der Waals surface area contributed by atoms with Crippen molar-refractivity contribution in [3.05, 3.63) is 54.1 Å². The molecule has 158 valence electrons. The Labute approximate surface area is 177 Å². The van der Waals surface area contributed by atoms with Gasteiger partial charge in [0.25, 0.3) is 5.91 Å². The molecule has 0 bridgehead atoms. The van der Waals surface area contributed by atoms with Gasteiger partial charge in [0.05, 0.1) is 0 Å². The predicted molar refractivity (Wildman–Crippen MR) is 114 cm³/mol. The van der Waals surface area contributed by atoms with Crippen molar-refractivity contribution in [1.29, 1.82) is 0 Å². The maximum Gasteiger partial charge on any atom is 0.260 e. The molecule has 2 fully saturated rings. The number of amides is 2. The second-order valence-corrected chi connectivity index (χ2v) is 8.01. The van der Waals surface area contributed by atoms with Crippen molar-refractivity contribution in [2.45, 2.75) is 26.2 Å². The number of aryl methyl sites for hydroxylation is 1. The minimum Gasteiger partial charge on any atom is -0.484 e. The third kappa shape index (κ3) is 4.93. The molecule has 0 N–H and O–H groups in total. The van der Waals surface area contributed by atoms with E-state index < -0.39 is 0 Å². The van der Waals surface area contributed by atoms with E-state index in [4.69, 9.17) is 9.47 Å². The smallest absolute Gasteiger partial charge is 0.260 e. The lowest BCUT2D eigenvalue weighted by Crippen LogP contribution is -2.53. The Morgan fingerprint density at radius 1 is 0.833 bits per heavy atom. The quantitative estimate of drug-likeness (QED) is 0.732. The summed E-state index contributed by atoms with van der Waals surface area (Å²) in [6.45, 7) is 4.41. The number of benzene rings is 2. The van der Waals surface area contributed by atoms with Gasteiger partial charge in [-0.15, -0.1) is 0 Å². The van der Waals surface area contributed by atoms with E-state index in [0.29, 0.717) is 37.7 Å². The van der Waals surface area contributed by atoms with Crippen LogP contribution in [0.25, 0.3) is 0 Å². The normalized spacial score (nSPS) is 16.7. The molecule has 0 aromatic heterocycles. The summed E-state index contributed by atoms with van der Waals surface area (Å²) in [4.78, 5) is 28.5. The van der Waals surface area contributed by atoms with Crippen LogP contribution < -0.4 is 9.47 Å². The molecule has 0 spiro atoms. The Hall–Kier alpha value is -3.02. The van der Waals surface area contributed by atoms with E-state index in [9.17, 15) is 9.59 Å². The second kappa shape index (κ2) is 9.20. The van der Waals surface area contributed by atoms with Gasteiger partial charge < -0.3 is 19.3 Å². The third-order valence-electron chi connectivity index (χ3n) is 5.84. The zero-order chi connectivity index (χ0) is 20.9. The van der Waals surface area contributed by atoms with Gasteiger partial charge in [-0.25, -0.2) is 0 Å². The molecule has 0 unspecified atom stereocenters. The summed E-state index contributed by atoms with van der Waals surface area (Å²) < 4.78 is 11.5. The van der Waals surface area contributed by atoms with Gasteiger partial charge >= 0.3 is 0 Å². The fraction of sp³-hybridized carbons (Fsp3) is 0.417. The number of nitrogens with zero attached hydrogens (tertiary/aromatic N) is 2. The lowest BCUT2D eigenvalue weighted by atomic mass is 9.84. The van der Waals surface area contributed by atoms with Gasteiger partial charge in [0, 0.05) is 32.1 Å². The highest BCUT2D eigenvalue weighted by Gasteiger charge is 2.32. The van der Waals surface area contributed by atoms with Crippen molar-refractivity contribution in [3.8, 4) is 17.2 Å². The van der Waals surface area contributed by atoms with Gasteiger partial charge in [-0.1, -0.05) is 24.1 Å². The van der Waals surface area contributed by atoms with Crippen molar-refractivity contribution in [3.63, 3.8) is 0 Å². The van der Waals surface area contributed by atoms with Crippen LogP contribution in [-0.2, 0) is 9.59 Å². The Bertz CT molecular complexity index is 867. The van der Waals surface area contributed by atoms with E-state index in [1.165, 1.54) is 5.56 Å². The molecule has 1 saturated carbocycles. The number of hydrogen-bond donors (Lipinski definition) is 0. The lowest BCUT2D eigenvalue weighted by Gasteiger charge is -2.38. The number of hydrogen-bond acceptors (Lipinski definition) is 4. The van der Waals surface area contributed by atoms with Crippen LogP contribution in [0.1, 0.15) is 24.8 Å². The van der Waals surface area contributed by atoms with Gasteiger partial charge in [-0.05, 0) is 56.2 Å². The molecule has 6 nitrogen and oxygen atoms in total. The van der Waals surface area contributed by atoms with Gasteiger partial charge in [-0.2, -0.15) is 0 Å². The predicted octanol–water partition coefficient (Wildman–Crippen LogP) is 3.64. The number of ether oxygens (including phenoxy) is 2. The van der Waals surface area contributed by atoms with Gasteiger partial charge in [0.1, 0.15) is 17.2 Å². The Kier molecular flexibility index (Phi) is 6.21. The fourth-order valence-corrected chi connectivity index (χ4v) is 3.67. The van der Waals surface area contributed by atoms with Crippen molar-refractivity contribution >= 4 is 11.8 Å². The first-order valence-corrected chi connectivity index (χ1v) is 10.6. The highest BCUT2D eigenvalue weighted by molar-refractivity contribution is 5.81. The van der Waals surface area contributed by atoms with E-state index in [1.807, 2.05) is 48.2 Å². The first-order chi connectivity index (χ1) is 14.6. The van der Waals surface area contributed by atoms with Gasteiger partial charge in [-0.3, -0.25) is 9.59 Å². The van der Waals surface area contributed by atoms with Crippen LogP contribution in [0.3, 0.4) is 0 Å². The van der Waals surface area contributed by atoms with Crippen molar-refractivity contribution in [2.24, 2.45) is 5.92 Å². The average Bonchev–Trinajstić information content (AvgIpc) is 2.73. The molecule has 30 heavy (non-hydrogen) atoms. The summed E-state index contributed by atoms with van der Waals surface area (Å²) in [6.07, 6.45) is 3.19. The highest BCUT2D eigenvalue weighted by Crippen LogP contribution is 2.28. The fourth-order valence-electron chi connectivity index (χ4n) is 3.67. The van der Waals surface area contributed by atoms with Crippen LogP contribution in [0.15, 0.2) is 48.5 Å². The van der Waals surface area contributed by atoms with Crippen LogP contribution in [0.5, 0.6) is 17.2 Å². The van der Waals surface area contributed by atoms with E-state index in [2.05, 4.69) is 0 Å². The average molecular weight is 408 g/mol. The van der Waals surface area contributed by atoms with Crippen LogP contribution in [0, 0.1) is 12.8 Å². The van der Waals surface area contributed by atoms with E-state index in [0.717, 1.165) is 25.0 Å². The molecule has 1 saturated heterocycles. The van der Waals surface area contributed by atoms with Crippen LogP contribution in [-0.4, -0.2) is 54.4 Å². The van der Waals surface area contributed by atoms with E-state index in [-0.39, 0.29) is 24.3 Å². The molecule has 1 heterocycles. The molecule has 1 aliphatic carbocycles. The summed E-state index contributed by atoms with van der Waals surface area (Å²) in [5, 5.41) is 0. The molecular weight excluding hydrogens is 380 g/mol. The molecule has 0 radical (unpaired) electrons. The van der Waals surface area contributed by atoms with Crippen LogP contribution in [0.2, 0.25) is 0 Å². The highest BCUT2D eigenvalue weighted by atomic mass is 16.5. The number of carbonyl (C=O) groups excluding carboxylic acids is 2. The summed E-state index contributed by atoms with van der Waals surface area (Å²) in [5.74, 6) is 2.54. The maximum atomic E-state index is 12.5. The van der Waals surface area contributed by atoms with Crippen LogP contribution >= 0.6 is 0 Å². The molecule has 2 amide bonds. The zero-order valence-electron chi connectivity index (χ0n) is 17.4. The number of carbonyl (C=O) groups is 2. The van der Waals surface area contributed by atoms with Crippen molar-refractivity contribution < 1.29 is 19.1 Å². The Morgan fingerprint density at radius 2 is 1.37 bits per heavy atom. The monoisotopic (exact) mass is 408 g/mol. The van der Waals surface area contributed by atoms with Gasteiger partial charge in [0.15, 0.2) is 6.61 Å².